The van der Waals surface area contributed by atoms with Gasteiger partial charge in [0.05, 0.1) is 12.1 Å². The molecule has 4 amide bonds. The summed E-state index contributed by atoms with van der Waals surface area (Å²) in [6, 6.07) is -1.39. The summed E-state index contributed by atoms with van der Waals surface area (Å²) in [5.41, 5.74) is -1.36. The third-order valence-electron chi connectivity index (χ3n) is 6.45. The maximum atomic E-state index is 13.1. The first-order valence-electron chi connectivity index (χ1n) is 12.7. The molecule has 0 aromatic carbocycles. The van der Waals surface area contributed by atoms with Gasteiger partial charge in [0.15, 0.2) is 0 Å². The van der Waals surface area contributed by atoms with Crippen LogP contribution in [0.4, 0.5) is 14.4 Å². The number of aromatic nitrogens is 2. The van der Waals surface area contributed by atoms with Crippen LogP contribution in [0, 0.1) is 0 Å². The molecule has 2 atom stereocenters. The molecule has 3 fully saturated rings. The van der Waals surface area contributed by atoms with E-state index in [-0.39, 0.29) is 30.4 Å². The Morgan fingerprint density at radius 3 is 2.37 bits per heavy atom. The quantitative estimate of drug-likeness (QED) is 0.345. The normalized spacial score (nSPS) is 22.5. The van der Waals surface area contributed by atoms with Crippen molar-refractivity contribution < 1.29 is 33.5 Å². The van der Waals surface area contributed by atoms with Crippen molar-refractivity contribution in [3.63, 3.8) is 0 Å². The van der Waals surface area contributed by atoms with E-state index in [0.29, 0.717) is 38.3 Å². The molecule has 38 heavy (non-hydrogen) atoms. The highest BCUT2D eigenvalue weighted by molar-refractivity contribution is 5.91. The summed E-state index contributed by atoms with van der Waals surface area (Å²) < 4.78 is 16.8. The molecule has 2 bridgehead atoms. The lowest BCUT2D eigenvalue weighted by Crippen LogP contribution is -2.62. The summed E-state index contributed by atoms with van der Waals surface area (Å²) in [6.07, 6.45) is -0.00289. The molecule has 0 unspecified atom stereocenters. The second kappa shape index (κ2) is 10.0. The molecular weight excluding hydrogens is 498 g/mol. The number of amides is 4. The van der Waals surface area contributed by atoms with Crippen molar-refractivity contribution in [2.45, 2.75) is 97.2 Å². The van der Waals surface area contributed by atoms with E-state index in [9.17, 15) is 19.6 Å². The first-order chi connectivity index (χ1) is 17.6. The number of hydrogen-bond donors (Lipinski definition) is 1. The summed E-state index contributed by atoms with van der Waals surface area (Å²) >= 11 is 0. The fourth-order valence-electron chi connectivity index (χ4n) is 4.59. The van der Waals surface area contributed by atoms with Gasteiger partial charge in [0.1, 0.15) is 29.6 Å². The highest BCUT2D eigenvalue weighted by Crippen LogP contribution is 2.37. The molecule has 14 heteroatoms. The highest BCUT2D eigenvalue weighted by atomic mass is 16.6. The number of carbonyl (C=O) groups excluding carboxylic acids is 3. The number of piperidine rings is 1. The predicted octanol–water partition coefficient (Wildman–Crippen LogP) is 3.17. The maximum absolute atomic E-state index is 13.1. The molecule has 0 radical (unpaired) electrons. The van der Waals surface area contributed by atoms with E-state index in [1.807, 2.05) is 4.90 Å². The van der Waals surface area contributed by atoms with Crippen LogP contribution in [0.5, 0.6) is 0 Å². The molecule has 0 aliphatic carbocycles. The third kappa shape index (κ3) is 6.17. The molecular formula is C24H37N7O7. The van der Waals surface area contributed by atoms with Crippen LogP contribution in [-0.2, 0) is 16.0 Å². The van der Waals surface area contributed by atoms with Crippen LogP contribution < -0.4 is 0 Å². The first kappa shape index (κ1) is 27.6. The Morgan fingerprint density at radius 1 is 1.08 bits per heavy atom. The number of hydroxylamine groups is 2. The van der Waals surface area contributed by atoms with Gasteiger partial charge in [-0.1, -0.05) is 0 Å². The SMILES string of the molecule is CC(=NC(=O)OC(C)(C)C)N1CC(N(Cc2nnc([C@@H]3CC[C@@H]4CN3C(=O)N4O)o2)C(=O)OC(C)(C)C)C1. The van der Waals surface area contributed by atoms with Crippen molar-refractivity contribution in [3.05, 3.63) is 11.8 Å². The molecule has 4 rings (SSSR count). The van der Waals surface area contributed by atoms with Gasteiger partial charge in [0.2, 0.25) is 11.8 Å². The standard InChI is InChI=1S/C24H37N7O7/c1-14(25-20(32)37-23(2,3)4)28-10-16(11-28)29(22(34)38-24(5,6)7)13-18-26-27-19(36-18)17-9-8-15-12-30(17)21(33)31(15)35/h15-17,35H,8-13H2,1-7H3/t15-,17+/m1/s1. The van der Waals surface area contributed by atoms with Gasteiger partial charge in [-0.2, -0.15) is 4.99 Å². The number of amidine groups is 1. The predicted molar refractivity (Wildman–Crippen MR) is 132 cm³/mol. The maximum Gasteiger partial charge on any atom is 0.435 e. The lowest BCUT2D eigenvalue weighted by Gasteiger charge is -2.45. The Kier molecular flexibility index (Phi) is 7.30. The minimum atomic E-state index is -0.711. The minimum absolute atomic E-state index is 0.0120. The molecule has 3 saturated heterocycles. The van der Waals surface area contributed by atoms with Crippen molar-refractivity contribution in [2.75, 3.05) is 19.6 Å². The van der Waals surface area contributed by atoms with Crippen LogP contribution in [0.25, 0.3) is 0 Å². The largest absolute Gasteiger partial charge is 0.444 e. The van der Waals surface area contributed by atoms with Crippen LogP contribution in [0.1, 0.15) is 79.1 Å². The first-order valence-corrected chi connectivity index (χ1v) is 12.7. The number of urea groups is 1. The average Bonchev–Trinajstić information content (AvgIpc) is 3.29. The van der Waals surface area contributed by atoms with Crippen molar-refractivity contribution in [3.8, 4) is 0 Å². The summed E-state index contributed by atoms with van der Waals surface area (Å²) in [6.45, 7) is 13.6. The van der Waals surface area contributed by atoms with Gasteiger partial charge in [0.25, 0.3) is 0 Å². The van der Waals surface area contributed by atoms with Crippen molar-refractivity contribution in [1.82, 2.24) is 30.0 Å². The van der Waals surface area contributed by atoms with Crippen LogP contribution in [0.15, 0.2) is 9.41 Å². The monoisotopic (exact) mass is 535 g/mol. The number of likely N-dealkylation sites (tertiary alicyclic amines) is 1. The van der Waals surface area contributed by atoms with Crippen LogP contribution in [-0.4, -0.2) is 102 Å². The number of hydrogen-bond acceptors (Lipinski definition) is 9. The number of aliphatic imine (C=N–C) groups is 1. The minimum Gasteiger partial charge on any atom is -0.444 e. The van der Waals surface area contributed by atoms with E-state index in [2.05, 4.69) is 15.2 Å². The fourth-order valence-corrected chi connectivity index (χ4v) is 4.59. The zero-order valence-corrected chi connectivity index (χ0v) is 23.0. The van der Waals surface area contributed by atoms with Gasteiger partial charge in [-0.3, -0.25) is 10.1 Å². The molecule has 1 aromatic rings. The molecule has 3 aliphatic rings. The molecule has 1 aromatic heterocycles. The van der Waals surface area contributed by atoms with E-state index < -0.39 is 35.5 Å². The Hall–Kier alpha value is -3.42. The number of rotatable bonds is 4. The van der Waals surface area contributed by atoms with E-state index in [0.717, 1.165) is 5.06 Å². The Bertz CT molecular complexity index is 1100. The van der Waals surface area contributed by atoms with Gasteiger partial charge in [0, 0.05) is 19.6 Å². The second-order valence-electron chi connectivity index (χ2n) is 11.9. The summed E-state index contributed by atoms with van der Waals surface area (Å²) in [4.78, 5) is 46.4. The molecule has 3 aliphatic heterocycles. The number of nitrogens with zero attached hydrogens (tertiary/aromatic N) is 7. The van der Waals surface area contributed by atoms with Crippen molar-refractivity contribution in [2.24, 2.45) is 4.99 Å². The highest BCUT2D eigenvalue weighted by Gasteiger charge is 2.47. The number of carbonyl (C=O) groups is 3. The van der Waals surface area contributed by atoms with E-state index in [1.54, 1.807) is 48.5 Å². The van der Waals surface area contributed by atoms with Gasteiger partial charge in [-0.05, 0) is 61.3 Å². The van der Waals surface area contributed by atoms with Gasteiger partial charge < -0.3 is 23.7 Å². The summed E-state index contributed by atoms with van der Waals surface area (Å²) in [5.74, 6) is 0.961. The molecule has 1 N–H and O–H groups in total. The van der Waals surface area contributed by atoms with Crippen LogP contribution in [0.3, 0.4) is 0 Å². The van der Waals surface area contributed by atoms with E-state index >= 15 is 0 Å². The summed E-state index contributed by atoms with van der Waals surface area (Å²) in [5, 5.41) is 19.0. The topological polar surface area (TPSA) is 154 Å². The van der Waals surface area contributed by atoms with E-state index in [4.69, 9.17) is 13.9 Å². The Labute approximate surface area is 221 Å². The van der Waals surface area contributed by atoms with Gasteiger partial charge in [-0.15, -0.1) is 10.2 Å². The van der Waals surface area contributed by atoms with Gasteiger partial charge >= 0.3 is 18.2 Å². The molecule has 0 spiro atoms. The van der Waals surface area contributed by atoms with Crippen LogP contribution in [0.2, 0.25) is 0 Å². The Morgan fingerprint density at radius 2 is 1.74 bits per heavy atom. The smallest absolute Gasteiger partial charge is 0.435 e. The number of fused-ring (bicyclic) bond motifs is 2. The fraction of sp³-hybridized carbons (Fsp3) is 0.750. The van der Waals surface area contributed by atoms with E-state index in [1.165, 1.54) is 9.80 Å². The third-order valence-corrected chi connectivity index (χ3v) is 6.45. The van der Waals surface area contributed by atoms with Gasteiger partial charge in [-0.25, -0.2) is 19.4 Å². The Balaban J connectivity index is 1.44. The lowest BCUT2D eigenvalue weighted by atomic mass is 10.0. The zero-order chi connectivity index (χ0) is 28.0. The number of ether oxygens (including phenoxy) is 2. The summed E-state index contributed by atoms with van der Waals surface area (Å²) in [7, 11) is 0. The molecule has 14 nitrogen and oxygen atoms in total. The molecule has 210 valence electrons. The van der Waals surface area contributed by atoms with Crippen molar-refractivity contribution >= 4 is 24.1 Å². The molecule has 0 saturated carbocycles. The molecule has 4 heterocycles. The average molecular weight is 536 g/mol. The van der Waals surface area contributed by atoms with Crippen LogP contribution >= 0.6 is 0 Å². The zero-order valence-electron chi connectivity index (χ0n) is 23.0. The lowest BCUT2D eigenvalue weighted by molar-refractivity contribution is -0.0584. The van der Waals surface area contributed by atoms with Crippen molar-refractivity contribution in [1.29, 1.82) is 0 Å². The second-order valence-corrected chi connectivity index (χ2v) is 11.9.